The van der Waals surface area contributed by atoms with Crippen LogP contribution in [0.4, 0.5) is 0 Å². The minimum Gasteiger partial charge on any atom is -0.497 e. The Bertz CT molecular complexity index is 940. The first-order valence-corrected chi connectivity index (χ1v) is 8.70. The first-order chi connectivity index (χ1) is 13.2. The molecule has 3 aromatic carbocycles. The van der Waals surface area contributed by atoms with E-state index in [4.69, 9.17) is 4.74 Å². The van der Waals surface area contributed by atoms with Crippen molar-refractivity contribution in [1.82, 2.24) is 0 Å². The van der Waals surface area contributed by atoms with Crippen LogP contribution in [0, 0.1) is 0 Å². The Morgan fingerprint density at radius 3 is 1.85 bits per heavy atom. The summed E-state index contributed by atoms with van der Waals surface area (Å²) < 4.78 is 5.13. The van der Waals surface area contributed by atoms with Gasteiger partial charge >= 0.3 is 0 Å². The van der Waals surface area contributed by atoms with Gasteiger partial charge in [0.2, 0.25) is 0 Å². The van der Waals surface area contributed by atoms with E-state index in [1.165, 1.54) is 0 Å². The van der Waals surface area contributed by atoms with Gasteiger partial charge in [-0.2, -0.15) is 0 Å². The zero-order valence-electron chi connectivity index (χ0n) is 15.1. The normalized spacial score (nSPS) is 11.1. The van der Waals surface area contributed by atoms with E-state index in [1.54, 1.807) is 49.6 Å². The molecule has 0 atom stereocenters. The van der Waals surface area contributed by atoms with Crippen LogP contribution >= 0.6 is 0 Å². The van der Waals surface area contributed by atoms with Gasteiger partial charge in [0, 0.05) is 17.5 Å². The molecular weight excluding hydrogens is 336 g/mol. The fourth-order valence-electron chi connectivity index (χ4n) is 2.78. The van der Waals surface area contributed by atoms with Crippen LogP contribution in [-0.4, -0.2) is 18.7 Å². The molecular formula is C24H20O3. The van der Waals surface area contributed by atoms with Crippen LogP contribution in [0.15, 0.2) is 91.0 Å². The summed E-state index contributed by atoms with van der Waals surface area (Å²) >= 11 is 0. The Morgan fingerprint density at radius 2 is 1.30 bits per heavy atom. The van der Waals surface area contributed by atoms with Crippen molar-refractivity contribution < 1.29 is 14.3 Å². The lowest BCUT2D eigenvalue weighted by atomic mass is 9.95. The summed E-state index contributed by atoms with van der Waals surface area (Å²) in [6.07, 6.45) is 1.71. The van der Waals surface area contributed by atoms with Crippen molar-refractivity contribution in [2.45, 2.75) is 6.42 Å². The second kappa shape index (κ2) is 8.77. The number of ketones is 2. The Balaban J connectivity index is 1.89. The van der Waals surface area contributed by atoms with Gasteiger partial charge in [0.15, 0.2) is 11.6 Å². The highest BCUT2D eigenvalue weighted by molar-refractivity contribution is 6.11. The summed E-state index contributed by atoms with van der Waals surface area (Å²) in [4.78, 5) is 25.4. The average molecular weight is 356 g/mol. The molecule has 3 rings (SSSR count). The smallest absolute Gasteiger partial charge is 0.186 e. The topological polar surface area (TPSA) is 43.4 Å². The number of rotatable bonds is 7. The summed E-state index contributed by atoms with van der Waals surface area (Å²) in [5.41, 5.74) is 2.75. The van der Waals surface area contributed by atoms with Gasteiger partial charge in [-0.3, -0.25) is 9.59 Å². The molecule has 3 nitrogen and oxygen atoms in total. The van der Waals surface area contributed by atoms with Crippen molar-refractivity contribution in [1.29, 1.82) is 0 Å². The molecule has 0 fully saturated rings. The number of Topliss-reactive ketones (excluding diaryl/α,β-unsaturated/α-hetero) is 1. The predicted octanol–water partition coefficient (Wildman–Crippen LogP) is 5.23. The van der Waals surface area contributed by atoms with E-state index in [0.29, 0.717) is 22.4 Å². The molecule has 27 heavy (non-hydrogen) atoms. The SMILES string of the molecule is COc1ccc(C(=O)CC(=CC(=O)c2ccccc2)c2ccccc2)cc1. The molecule has 0 spiro atoms. The standard InChI is InChI=1S/C24H20O3/c1-27-22-14-12-20(13-15-22)24(26)17-21(18-8-4-2-5-9-18)16-23(25)19-10-6-3-7-11-19/h2-16H,17H2,1H3. The lowest BCUT2D eigenvalue weighted by Gasteiger charge is -2.08. The molecule has 134 valence electrons. The van der Waals surface area contributed by atoms with Gasteiger partial charge in [0.05, 0.1) is 7.11 Å². The number of allylic oxidation sites excluding steroid dienone is 2. The quantitative estimate of drug-likeness (QED) is 0.430. The summed E-state index contributed by atoms with van der Waals surface area (Å²) in [6.45, 7) is 0. The molecule has 0 aliphatic heterocycles. The second-order valence-corrected chi connectivity index (χ2v) is 6.09. The molecule has 0 amide bonds. The Labute approximate surface area is 158 Å². The highest BCUT2D eigenvalue weighted by atomic mass is 16.5. The van der Waals surface area contributed by atoms with Crippen molar-refractivity contribution >= 4 is 17.1 Å². The van der Waals surface area contributed by atoms with Gasteiger partial charge in [0.25, 0.3) is 0 Å². The van der Waals surface area contributed by atoms with Gasteiger partial charge in [-0.15, -0.1) is 0 Å². The predicted molar refractivity (Wildman–Crippen MR) is 107 cm³/mol. The second-order valence-electron chi connectivity index (χ2n) is 6.09. The molecule has 0 unspecified atom stereocenters. The van der Waals surface area contributed by atoms with E-state index >= 15 is 0 Å². The van der Waals surface area contributed by atoms with Crippen LogP contribution < -0.4 is 4.74 Å². The van der Waals surface area contributed by atoms with Gasteiger partial charge in [-0.05, 0) is 41.5 Å². The number of methoxy groups -OCH3 is 1. The van der Waals surface area contributed by atoms with E-state index in [2.05, 4.69) is 0 Å². The van der Waals surface area contributed by atoms with Crippen LogP contribution in [0.2, 0.25) is 0 Å². The number of hydrogen-bond donors (Lipinski definition) is 0. The summed E-state index contributed by atoms with van der Waals surface area (Å²) in [7, 11) is 1.59. The fourth-order valence-corrected chi connectivity index (χ4v) is 2.78. The lowest BCUT2D eigenvalue weighted by molar-refractivity contribution is 0.0998. The van der Waals surface area contributed by atoms with Gasteiger partial charge in [-0.25, -0.2) is 0 Å². The summed E-state index contributed by atoms with van der Waals surface area (Å²) in [6, 6.07) is 25.6. The van der Waals surface area contributed by atoms with Crippen molar-refractivity contribution in [2.75, 3.05) is 7.11 Å². The number of ether oxygens (including phenoxy) is 1. The van der Waals surface area contributed by atoms with E-state index in [0.717, 1.165) is 5.56 Å². The molecule has 0 aromatic heterocycles. The number of carbonyl (C=O) groups is 2. The third-order valence-electron chi connectivity index (χ3n) is 4.27. The zero-order valence-corrected chi connectivity index (χ0v) is 15.1. The van der Waals surface area contributed by atoms with Crippen LogP contribution in [-0.2, 0) is 0 Å². The Kier molecular flexibility index (Phi) is 5.95. The van der Waals surface area contributed by atoms with E-state index in [1.807, 2.05) is 48.5 Å². The van der Waals surface area contributed by atoms with E-state index in [-0.39, 0.29) is 18.0 Å². The molecule has 0 heterocycles. The molecule has 3 heteroatoms. The minimum absolute atomic E-state index is 0.0476. The van der Waals surface area contributed by atoms with Gasteiger partial charge in [0.1, 0.15) is 5.75 Å². The number of hydrogen-bond acceptors (Lipinski definition) is 3. The molecule has 0 N–H and O–H groups in total. The molecule has 0 radical (unpaired) electrons. The maximum atomic E-state index is 12.8. The number of benzene rings is 3. The zero-order chi connectivity index (χ0) is 19.1. The first kappa shape index (κ1) is 18.3. The third-order valence-corrected chi connectivity index (χ3v) is 4.27. The fraction of sp³-hybridized carbons (Fsp3) is 0.0833. The van der Waals surface area contributed by atoms with Crippen LogP contribution in [0.3, 0.4) is 0 Å². The number of carbonyl (C=O) groups excluding carboxylic acids is 2. The Morgan fingerprint density at radius 1 is 0.741 bits per heavy atom. The van der Waals surface area contributed by atoms with Gasteiger partial charge < -0.3 is 4.74 Å². The van der Waals surface area contributed by atoms with Crippen LogP contribution in [0.5, 0.6) is 5.75 Å². The molecule has 0 bridgehead atoms. The van der Waals surface area contributed by atoms with Crippen LogP contribution in [0.25, 0.3) is 5.57 Å². The van der Waals surface area contributed by atoms with E-state index < -0.39 is 0 Å². The maximum Gasteiger partial charge on any atom is 0.186 e. The van der Waals surface area contributed by atoms with Crippen molar-refractivity contribution in [2.24, 2.45) is 0 Å². The average Bonchev–Trinajstić information content (AvgIpc) is 2.74. The largest absolute Gasteiger partial charge is 0.497 e. The van der Waals surface area contributed by atoms with Crippen LogP contribution in [0.1, 0.15) is 32.7 Å². The molecule has 0 aliphatic rings. The van der Waals surface area contributed by atoms with Gasteiger partial charge in [-0.1, -0.05) is 60.7 Å². The van der Waals surface area contributed by atoms with Crippen molar-refractivity contribution in [3.63, 3.8) is 0 Å². The highest BCUT2D eigenvalue weighted by Crippen LogP contribution is 2.22. The third kappa shape index (κ3) is 4.79. The molecule has 0 saturated carbocycles. The van der Waals surface area contributed by atoms with Crippen molar-refractivity contribution in [3.8, 4) is 5.75 Å². The first-order valence-electron chi connectivity index (χ1n) is 8.70. The van der Waals surface area contributed by atoms with E-state index in [9.17, 15) is 9.59 Å². The summed E-state index contributed by atoms with van der Waals surface area (Å²) in [5.74, 6) is 0.537. The molecule has 3 aromatic rings. The summed E-state index contributed by atoms with van der Waals surface area (Å²) in [5, 5.41) is 0. The van der Waals surface area contributed by atoms with Crippen molar-refractivity contribution in [3.05, 3.63) is 108 Å². The highest BCUT2D eigenvalue weighted by Gasteiger charge is 2.13. The molecule has 0 saturated heterocycles. The molecule has 0 aliphatic carbocycles. The Hall–Kier alpha value is -3.46. The lowest BCUT2D eigenvalue weighted by Crippen LogP contribution is -2.03. The minimum atomic E-state index is -0.114. The maximum absolute atomic E-state index is 12.8. The monoisotopic (exact) mass is 356 g/mol.